The summed E-state index contributed by atoms with van der Waals surface area (Å²) >= 11 is 0. The van der Waals surface area contributed by atoms with Crippen LogP contribution in [0.15, 0.2) is 16.9 Å². The van der Waals surface area contributed by atoms with Crippen LogP contribution in [0.3, 0.4) is 0 Å². The number of carbonyl (C=O) groups is 2. The number of aromatic nitrogens is 2. The number of carboxylic acids is 1. The Kier molecular flexibility index (Phi) is 4.59. The van der Waals surface area contributed by atoms with Crippen molar-refractivity contribution in [3.05, 3.63) is 28.2 Å². The smallest absolute Gasteiger partial charge is 0.326 e. The minimum atomic E-state index is -1.09. The fraction of sp³-hybridized carbons (Fsp3) is 0.455. The molecule has 1 aromatic heterocycles. The Morgan fingerprint density at radius 2 is 2.17 bits per heavy atom. The molecule has 7 nitrogen and oxygen atoms in total. The second kappa shape index (κ2) is 5.95. The average molecular weight is 253 g/mol. The van der Waals surface area contributed by atoms with E-state index < -0.39 is 17.9 Å². The standard InChI is InChI=1S/C11H15N3O4/c1-3-4-8(11(17)18)12-10(16)7-5-6-9(15)14(2)13-7/h5-6,8H,3-4H2,1-2H3,(H,12,16)(H,17,18)/t8-/m0/s1. The molecule has 18 heavy (non-hydrogen) atoms. The van der Waals surface area contributed by atoms with E-state index in [1.165, 1.54) is 19.2 Å². The molecule has 0 saturated carbocycles. The molecule has 0 aliphatic carbocycles. The first kappa shape index (κ1) is 13.9. The Morgan fingerprint density at radius 3 is 2.67 bits per heavy atom. The monoisotopic (exact) mass is 253 g/mol. The largest absolute Gasteiger partial charge is 0.480 e. The summed E-state index contributed by atoms with van der Waals surface area (Å²) in [6.45, 7) is 1.83. The highest BCUT2D eigenvalue weighted by molar-refractivity contribution is 5.94. The second-order valence-corrected chi connectivity index (χ2v) is 3.83. The van der Waals surface area contributed by atoms with E-state index in [-0.39, 0.29) is 11.3 Å². The van der Waals surface area contributed by atoms with Gasteiger partial charge in [-0.05, 0) is 12.5 Å². The number of aryl methyl sites for hydroxylation is 1. The number of carbonyl (C=O) groups excluding carboxylic acids is 1. The summed E-state index contributed by atoms with van der Waals surface area (Å²) in [6.07, 6.45) is 0.977. The van der Waals surface area contributed by atoms with Gasteiger partial charge in [-0.25, -0.2) is 9.48 Å². The molecule has 7 heteroatoms. The Labute approximate surface area is 103 Å². The predicted molar refractivity (Wildman–Crippen MR) is 63.3 cm³/mol. The fourth-order valence-corrected chi connectivity index (χ4v) is 1.40. The molecule has 0 radical (unpaired) electrons. The maximum atomic E-state index is 11.7. The minimum absolute atomic E-state index is 0.0134. The molecule has 0 unspecified atom stereocenters. The summed E-state index contributed by atoms with van der Waals surface area (Å²) in [7, 11) is 1.42. The highest BCUT2D eigenvalue weighted by Gasteiger charge is 2.20. The molecule has 1 amide bonds. The van der Waals surface area contributed by atoms with Crippen LogP contribution >= 0.6 is 0 Å². The van der Waals surface area contributed by atoms with Gasteiger partial charge in [0, 0.05) is 13.1 Å². The number of nitrogens with zero attached hydrogens (tertiary/aromatic N) is 2. The summed E-state index contributed by atoms with van der Waals surface area (Å²) in [6, 6.07) is 1.53. The van der Waals surface area contributed by atoms with Gasteiger partial charge < -0.3 is 10.4 Å². The van der Waals surface area contributed by atoms with Gasteiger partial charge in [0.1, 0.15) is 11.7 Å². The Morgan fingerprint density at radius 1 is 1.50 bits per heavy atom. The maximum Gasteiger partial charge on any atom is 0.326 e. The molecule has 1 rings (SSSR count). The van der Waals surface area contributed by atoms with Crippen molar-refractivity contribution in [1.82, 2.24) is 15.1 Å². The SMILES string of the molecule is CCC[C@H](NC(=O)c1ccc(=O)n(C)n1)C(=O)O. The summed E-state index contributed by atoms with van der Waals surface area (Å²) in [4.78, 5) is 33.7. The lowest BCUT2D eigenvalue weighted by Gasteiger charge is -2.13. The number of hydrogen-bond donors (Lipinski definition) is 2. The predicted octanol–water partition coefficient (Wildman–Crippen LogP) is -0.237. The van der Waals surface area contributed by atoms with Crippen molar-refractivity contribution in [2.45, 2.75) is 25.8 Å². The zero-order valence-corrected chi connectivity index (χ0v) is 10.2. The second-order valence-electron chi connectivity index (χ2n) is 3.83. The fourth-order valence-electron chi connectivity index (χ4n) is 1.40. The van der Waals surface area contributed by atoms with E-state index in [9.17, 15) is 14.4 Å². The van der Waals surface area contributed by atoms with E-state index in [0.29, 0.717) is 12.8 Å². The van der Waals surface area contributed by atoms with E-state index in [2.05, 4.69) is 10.4 Å². The Balaban J connectivity index is 2.83. The number of carboxylic acid groups (broad SMARTS) is 1. The lowest BCUT2D eigenvalue weighted by atomic mass is 10.1. The molecule has 0 aliphatic heterocycles. The van der Waals surface area contributed by atoms with Crippen LogP contribution < -0.4 is 10.9 Å². The van der Waals surface area contributed by atoms with Crippen LogP contribution in [0.1, 0.15) is 30.3 Å². The highest BCUT2D eigenvalue weighted by atomic mass is 16.4. The average Bonchev–Trinajstić information content (AvgIpc) is 2.31. The topological polar surface area (TPSA) is 101 Å². The van der Waals surface area contributed by atoms with Crippen molar-refractivity contribution < 1.29 is 14.7 Å². The van der Waals surface area contributed by atoms with Gasteiger partial charge in [-0.15, -0.1) is 0 Å². The molecule has 1 heterocycles. The molecular formula is C11H15N3O4. The molecule has 2 N–H and O–H groups in total. The Bertz CT molecular complexity index is 509. The first-order valence-electron chi connectivity index (χ1n) is 5.53. The lowest BCUT2D eigenvalue weighted by molar-refractivity contribution is -0.139. The van der Waals surface area contributed by atoms with Gasteiger partial charge >= 0.3 is 5.97 Å². The molecule has 1 atom stereocenters. The van der Waals surface area contributed by atoms with E-state index in [4.69, 9.17) is 5.11 Å². The third-order valence-corrected chi connectivity index (χ3v) is 2.37. The van der Waals surface area contributed by atoms with Gasteiger partial charge in [0.05, 0.1) is 0 Å². The normalized spacial score (nSPS) is 11.9. The van der Waals surface area contributed by atoms with E-state index in [0.717, 1.165) is 4.68 Å². The lowest BCUT2D eigenvalue weighted by Crippen LogP contribution is -2.41. The summed E-state index contributed by atoms with van der Waals surface area (Å²) in [5, 5.41) is 15.0. The molecule has 0 spiro atoms. The van der Waals surface area contributed by atoms with Crippen LogP contribution in [0.4, 0.5) is 0 Å². The van der Waals surface area contributed by atoms with Crippen molar-refractivity contribution in [3.8, 4) is 0 Å². The van der Waals surface area contributed by atoms with Crippen molar-refractivity contribution in [2.75, 3.05) is 0 Å². The zero-order valence-electron chi connectivity index (χ0n) is 10.2. The maximum absolute atomic E-state index is 11.7. The summed E-state index contributed by atoms with van der Waals surface area (Å²) < 4.78 is 1.02. The van der Waals surface area contributed by atoms with Gasteiger partial charge in [-0.2, -0.15) is 5.10 Å². The molecule has 0 bridgehead atoms. The number of hydrogen-bond acceptors (Lipinski definition) is 4. The van der Waals surface area contributed by atoms with Crippen LogP contribution in [0.25, 0.3) is 0 Å². The number of nitrogens with one attached hydrogen (secondary N) is 1. The molecule has 98 valence electrons. The van der Waals surface area contributed by atoms with Crippen molar-refractivity contribution in [2.24, 2.45) is 7.05 Å². The summed E-state index contributed by atoms with van der Waals surface area (Å²) in [5.41, 5.74) is -0.325. The molecule has 0 aliphatic rings. The highest BCUT2D eigenvalue weighted by Crippen LogP contribution is 1.99. The zero-order chi connectivity index (χ0) is 13.7. The van der Waals surface area contributed by atoms with Gasteiger partial charge in [0.2, 0.25) is 0 Å². The molecule has 0 fully saturated rings. The molecule has 0 saturated heterocycles. The molecule has 0 aromatic carbocycles. The van der Waals surface area contributed by atoms with Crippen molar-refractivity contribution in [1.29, 1.82) is 0 Å². The first-order valence-corrected chi connectivity index (χ1v) is 5.53. The number of rotatable bonds is 5. The minimum Gasteiger partial charge on any atom is -0.480 e. The number of aliphatic carboxylic acids is 1. The first-order chi connectivity index (χ1) is 8.45. The van der Waals surface area contributed by atoms with E-state index in [1.54, 1.807) is 0 Å². The van der Waals surface area contributed by atoms with Crippen molar-refractivity contribution >= 4 is 11.9 Å². The van der Waals surface area contributed by atoms with Gasteiger partial charge in [-0.3, -0.25) is 9.59 Å². The van der Waals surface area contributed by atoms with Crippen LogP contribution in [-0.4, -0.2) is 32.8 Å². The van der Waals surface area contributed by atoms with E-state index >= 15 is 0 Å². The third-order valence-electron chi connectivity index (χ3n) is 2.37. The number of amides is 1. The third kappa shape index (κ3) is 3.41. The van der Waals surface area contributed by atoms with Crippen LogP contribution in [-0.2, 0) is 11.8 Å². The van der Waals surface area contributed by atoms with Crippen LogP contribution in [0.5, 0.6) is 0 Å². The Hall–Kier alpha value is -2.18. The molecular weight excluding hydrogens is 238 g/mol. The van der Waals surface area contributed by atoms with Gasteiger partial charge in [0.25, 0.3) is 11.5 Å². The van der Waals surface area contributed by atoms with Crippen LogP contribution in [0.2, 0.25) is 0 Å². The van der Waals surface area contributed by atoms with Gasteiger partial charge in [0.15, 0.2) is 0 Å². The van der Waals surface area contributed by atoms with Crippen LogP contribution in [0, 0.1) is 0 Å². The van der Waals surface area contributed by atoms with Gasteiger partial charge in [-0.1, -0.05) is 13.3 Å². The van der Waals surface area contributed by atoms with E-state index in [1.807, 2.05) is 6.92 Å². The van der Waals surface area contributed by atoms with Crippen molar-refractivity contribution in [3.63, 3.8) is 0 Å². The quantitative estimate of drug-likeness (QED) is 0.754. The summed E-state index contributed by atoms with van der Waals surface area (Å²) in [5.74, 6) is -1.69. The molecule has 1 aromatic rings.